The molecule has 0 radical (unpaired) electrons. The molecule has 0 aromatic heterocycles. The third-order valence-corrected chi connectivity index (χ3v) is 3.79. The van der Waals surface area contributed by atoms with Gasteiger partial charge in [-0.25, -0.2) is 0 Å². The average Bonchev–Trinajstić information content (AvgIpc) is 2.40. The minimum atomic E-state index is -0.828. The molecular weight excluding hydrogens is 246 g/mol. The van der Waals surface area contributed by atoms with Gasteiger partial charge in [0.1, 0.15) is 17.5 Å². The third kappa shape index (κ3) is 2.81. The molecule has 1 aromatic rings. The molecule has 0 saturated carbocycles. The van der Waals surface area contributed by atoms with Gasteiger partial charge in [-0.05, 0) is 44.5 Å². The van der Waals surface area contributed by atoms with Crippen molar-refractivity contribution in [1.29, 1.82) is 0 Å². The highest BCUT2D eigenvalue weighted by atomic mass is 16.4. The quantitative estimate of drug-likeness (QED) is 0.729. The Morgan fingerprint density at radius 3 is 2.79 bits per heavy atom. The fraction of sp³-hybridized carbons (Fsp3) is 0.500. The number of benzene rings is 1. The monoisotopic (exact) mass is 265 g/mol. The number of hydrogen-bond acceptors (Lipinski definition) is 4. The zero-order valence-corrected chi connectivity index (χ0v) is 10.9. The number of carbonyl (C=O) groups is 1. The number of aliphatic carboxylic acids is 1. The minimum Gasteiger partial charge on any atom is -0.508 e. The van der Waals surface area contributed by atoms with Gasteiger partial charge >= 0.3 is 5.97 Å². The largest absolute Gasteiger partial charge is 0.508 e. The third-order valence-electron chi connectivity index (χ3n) is 3.79. The lowest BCUT2D eigenvalue weighted by Gasteiger charge is -2.37. The fourth-order valence-electron chi connectivity index (χ4n) is 2.74. The second kappa shape index (κ2) is 5.48. The van der Waals surface area contributed by atoms with Gasteiger partial charge in [0.2, 0.25) is 0 Å². The van der Waals surface area contributed by atoms with Crippen LogP contribution in [0.3, 0.4) is 0 Å². The number of hydrogen-bond donors (Lipinski definition) is 3. The number of carboxylic acid groups (broad SMARTS) is 1. The summed E-state index contributed by atoms with van der Waals surface area (Å²) in [6.45, 7) is 2.54. The van der Waals surface area contributed by atoms with Gasteiger partial charge in [0.15, 0.2) is 0 Å². The summed E-state index contributed by atoms with van der Waals surface area (Å²) >= 11 is 0. The van der Waals surface area contributed by atoms with Crippen LogP contribution in [-0.4, -0.2) is 38.8 Å². The Balaban J connectivity index is 2.28. The van der Waals surface area contributed by atoms with Gasteiger partial charge in [-0.1, -0.05) is 6.42 Å². The minimum absolute atomic E-state index is 0.0727. The van der Waals surface area contributed by atoms with Crippen molar-refractivity contribution in [2.45, 2.75) is 38.3 Å². The van der Waals surface area contributed by atoms with Crippen LogP contribution in [0.5, 0.6) is 11.5 Å². The van der Waals surface area contributed by atoms with Gasteiger partial charge in [0.05, 0.1) is 0 Å². The van der Waals surface area contributed by atoms with Crippen molar-refractivity contribution in [1.82, 2.24) is 4.90 Å². The van der Waals surface area contributed by atoms with Crippen LogP contribution in [0.2, 0.25) is 0 Å². The highest BCUT2D eigenvalue weighted by Gasteiger charge is 2.33. The standard InChI is InChI=1S/C14H19NO4/c1-9(11-8-10(16)5-6-13(11)17)15-7-3-2-4-12(15)14(18)19/h5-6,8-9,12,16-17H,2-4,7H2,1H3,(H,18,19). The first-order chi connectivity index (χ1) is 9.00. The molecule has 1 saturated heterocycles. The topological polar surface area (TPSA) is 81.0 Å². The average molecular weight is 265 g/mol. The summed E-state index contributed by atoms with van der Waals surface area (Å²) in [6.07, 6.45) is 2.49. The van der Waals surface area contributed by atoms with Crippen LogP contribution in [0.1, 0.15) is 37.8 Å². The summed E-state index contributed by atoms with van der Waals surface area (Å²) in [5.41, 5.74) is 0.563. The predicted molar refractivity (Wildman–Crippen MR) is 70.2 cm³/mol. The summed E-state index contributed by atoms with van der Waals surface area (Å²) in [7, 11) is 0. The van der Waals surface area contributed by atoms with E-state index in [1.807, 2.05) is 11.8 Å². The van der Waals surface area contributed by atoms with E-state index in [9.17, 15) is 20.1 Å². The van der Waals surface area contributed by atoms with Crippen molar-refractivity contribution >= 4 is 5.97 Å². The maximum Gasteiger partial charge on any atom is 0.320 e. The van der Waals surface area contributed by atoms with Crippen LogP contribution in [0.15, 0.2) is 18.2 Å². The summed E-state index contributed by atoms with van der Waals surface area (Å²) in [4.78, 5) is 13.2. The molecule has 5 heteroatoms. The van der Waals surface area contributed by atoms with Gasteiger partial charge in [-0.2, -0.15) is 0 Å². The second-order valence-electron chi connectivity index (χ2n) is 5.01. The summed E-state index contributed by atoms with van der Waals surface area (Å²) < 4.78 is 0. The summed E-state index contributed by atoms with van der Waals surface area (Å²) in [6, 6.07) is 3.57. The number of likely N-dealkylation sites (tertiary alicyclic amines) is 1. The molecule has 1 aromatic carbocycles. The summed E-state index contributed by atoms with van der Waals surface area (Å²) in [5, 5.41) is 28.7. The number of phenols is 2. The Bertz CT molecular complexity index is 475. The molecule has 2 rings (SSSR count). The maximum atomic E-state index is 11.3. The molecule has 0 amide bonds. The van der Waals surface area contributed by atoms with Gasteiger partial charge in [-0.15, -0.1) is 0 Å². The van der Waals surface area contributed by atoms with Crippen molar-refractivity contribution in [3.8, 4) is 11.5 Å². The smallest absolute Gasteiger partial charge is 0.320 e. The number of piperidine rings is 1. The Labute approximate surface area is 112 Å². The van der Waals surface area contributed by atoms with Crippen molar-refractivity contribution in [2.24, 2.45) is 0 Å². The lowest BCUT2D eigenvalue weighted by molar-refractivity contribution is -0.145. The zero-order chi connectivity index (χ0) is 14.0. The van der Waals surface area contributed by atoms with Gasteiger partial charge in [0.25, 0.3) is 0 Å². The second-order valence-corrected chi connectivity index (χ2v) is 5.01. The van der Waals surface area contributed by atoms with Crippen molar-refractivity contribution in [3.05, 3.63) is 23.8 Å². The molecular formula is C14H19NO4. The van der Waals surface area contributed by atoms with E-state index in [4.69, 9.17) is 0 Å². The van der Waals surface area contributed by atoms with E-state index in [2.05, 4.69) is 0 Å². The van der Waals surface area contributed by atoms with Crippen molar-refractivity contribution < 1.29 is 20.1 Å². The highest BCUT2D eigenvalue weighted by Crippen LogP contribution is 2.34. The van der Waals surface area contributed by atoms with E-state index in [0.29, 0.717) is 18.5 Å². The molecule has 2 unspecified atom stereocenters. The predicted octanol–water partition coefficient (Wildman–Crippen LogP) is 2.10. The Kier molecular flexibility index (Phi) is 3.95. The molecule has 3 N–H and O–H groups in total. The van der Waals surface area contributed by atoms with E-state index in [1.165, 1.54) is 18.2 Å². The first-order valence-electron chi connectivity index (χ1n) is 6.51. The first kappa shape index (κ1) is 13.7. The van der Waals surface area contributed by atoms with Crippen LogP contribution in [-0.2, 0) is 4.79 Å². The molecule has 1 fully saturated rings. The molecule has 0 spiro atoms. The van der Waals surface area contributed by atoms with Gasteiger partial charge in [0, 0.05) is 11.6 Å². The Morgan fingerprint density at radius 2 is 2.11 bits per heavy atom. The van der Waals surface area contributed by atoms with E-state index in [0.717, 1.165) is 12.8 Å². The fourth-order valence-corrected chi connectivity index (χ4v) is 2.74. The maximum absolute atomic E-state index is 11.3. The lowest BCUT2D eigenvalue weighted by Crippen LogP contribution is -2.45. The number of phenolic OH excluding ortho intramolecular Hbond substituents is 2. The first-order valence-corrected chi connectivity index (χ1v) is 6.51. The number of rotatable bonds is 3. The SMILES string of the molecule is CC(c1cc(O)ccc1O)N1CCCCC1C(=O)O. The van der Waals surface area contributed by atoms with E-state index < -0.39 is 12.0 Å². The number of aromatic hydroxyl groups is 2. The Hall–Kier alpha value is -1.75. The summed E-state index contributed by atoms with van der Waals surface area (Å²) in [5.74, 6) is -0.672. The van der Waals surface area contributed by atoms with Gasteiger partial charge in [-0.3, -0.25) is 9.69 Å². The highest BCUT2D eigenvalue weighted by molar-refractivity contribution is 5.73. The molecule has 0 aliphatic carbocycles. The lowest BCUT2D eigenvalue weighted by atomic mass is 9.96. The van der Waals surface area contributed by atoms with E-state index in [-0.39, 0.29) is 17.5 Å². The van der Waals surface area contributed by atoms with Crippen LogP contribution in [0.25, 0.3) is 0 Å². The van der Waals surface area contributed by atoms with Crippen LogP contribution in [0, 0.1) is 0 Å². The van der Waals surface area contributed by atoms with Crippen LogP contribution >= 0.6 is 0 Å². The van der Waals surface area contributed by atoms with Crippen molar-refractivity contribution in [2.75, 3.05) is 6.54 Å². The molecule has 1 aliphatic heterocycles. The zero-order valence-electron chi connectivity index (χ0n) is 10.9. The number of carboxylic acids is 1. The van der Waals surface area contributed by atoms with Crippen LogP contribution < -0.4 is 0 Å². The molecule has 5 nitrogen and oxygen atoms in total. The van der Waals surface area contributed by atoms with E-state index in [1.54, 1.807) is 0 Å². The molecule has 2 atom stereocenters. The van der Waals surface area contributed by atoms with E-state index >= 15 is 0 Å². The normalized spacial score (nSPS) is 22.1. The molecule has 0 bridgehead atoms. The van der Waals surface area contributed by atoms with Gasteiger partial charge < -0.3 is 15.3 Å². The molecule has 104 valence electrons. The molecule has 19 heavy (non-hydrogen) atoms. The number of nitrogens with zero attached hydrogens (tertiary/aromatic N) is 1. The molecule has 1 aliphatic rings. The van der Waals surface area contributed by atoms with Crippen LogP contribution in [0.4, 0.5) is 0 Å². The Morgan fingerprint density at radius 1 is 1.37 bits per heavy atom. The molecule has 1 heterocycles. The van der Waals surface area contributed by atoms with Crippen molar-refractivity contribution in [3.63, 3.8) is 0 Å².